The molecule has 0 aromatic heterocycles. The van der Waals surface area contributed by atoms with Gasteiger partial charge in [-0.1, -0.05) is 6.07 Å². The fraction of sp³-hybridized carbons (Fsp3) is 0.500. The molecule has 2 rings (SSSR count). The highest BCUT2D eigenvalue weighted by molar-refractivity contribution is 5.90. The molecule has 2 unspecified atom stereocenters. The number of benzene rings is 1. The van der Waals surface area contributed by atoms with Gasteiger partial charge in [0.2, 0.25) is 0 Å². The summed E-state index contributed by atoms with van der Waals surface area (Å²) >= 11 is 0. The molecule has 1 saturated heterocycles. The summed E-state index contributed by atoms with van der Waals surface area (Å²) in [6.45, 7) is 4.86. The average Bonchev–Trinajstić information content (AvgIpc) is 2.77. The van der Waals surface area contributed by atoms with Crippen LogP contribution in [0.4, 0.5) is 5.69 Å². The maximum Gasteiger partial charge on any atom is 0.337 e. The van der Waals surface area contributed by atoms with E-state index in [0.29, 0.717) is 11.6 Å². The highest BCUT2D eigenvalue weighted by Gasteiger charge is 2.24. The fourth-order valence-electron chi connectivity index (χ4n) is 2.14. The van der Waals surface area contributed by atoms with Crippen molar-refractivity contribution in [2.24, 2.45) is 0 Å². The standard InChI is InChI=1S/C14H19NO3/c1-9-4-5-11(14(16)17-3)8-13(9)15-12-6-7-18-10(12)2/h4-5,8,10,12,15H,6-7H2,1-3H3. The normalized spacial score (nSPS) is 22.8. The number of methoxy groups -OCH3 is 1. The Balaban J connectivity index is 2.18. The van der Waals surface area contributed by atoms with Gasteiger partial charge in [0.25, 0.3) is 0 Å². The topological polar surface area (TPSA) is 47.6 Å². The molecule has 1 aromatic rings. The SMILES string of the molecule is COC(=O)c1ccc(C)c(NC2CCOC2C)c1. The van der Waals surface area contributed by atoms with Crippen LogP contribution in [0.2, 0.25) is 0 Å². The first kappa shape index (κ1) is 12.9. The molecule has 0 radical (unpaired) electrons. The minimum atomic E-state index is -0.311. The van der Waals surface area contributed by atoms with Gasteiger partial charge in [-0.25, -0.2) is 4.79 Å². The molecule has 0 spiro atoms. The fourth-order valence-corrected chi connectivity index (χ4v) is 2.14. The van der Waals surface area contributed by atoms with E-state index in [2.05, 4.69) is 12.2 Å². The Morgan fingerprint density at radius 1 is 1.50 bits per heavy atom. The number of rotatable bonds is 3. The van der Waals surface area contributed by atoms with Crippen LogP contribution in [0.25, 0.3) is 0 Å². The number of carbonyl (C=O) groups excluding carboxylic acids is 1. The second kappa shape index (κ2) is 5.40. The second-order valence-corrected chi connectivity index (χ2v) is 4.64. The Bertz CT molecular complexity index is 445. The van der Waals surface area contributed by atoms with Crippen molar-refractivity contribution in [1.29, 1.82) is 0 Å². The van der Waals surface area contributed by atoms with Gasteiger partial charge < -0.3 is 14.8 Å². The van der Waals surface area contributed by atoms with Crippen LogP contribution in [0, 0.1) is 6.92 Å². The molecule has 4 heteroatoms. The van der Waals surface area contributed by atoms with Crippen molar-refractivity contribution in [3.8, 4) is 0 Å². The van der Waals surface area contributed by atoms with E-state index in [0.717, 1.165) is 24.3 Å². The predicted octanol–water partition coefficient (Wildman–Crippen LogP) is 2.37. The Kier molecular flexibility index (Phi) is 3.87. The van der Waals surface area contributed by atoms with E-state index < -0.39 is 0 Å². The molecule has 0 amide bonds. The Labute approximate surface area is 107 Å². The molecule has 0 aliphatic carbocycles. The summed E-state index contributed by atoms with van der Waals surface area (Å²) in [6.07, 6.45) is 1.19. The van der Waals surface area contributed by atoms with E-state index in [1.165, 1.54) is 7.11 Å². The molecule has 4 nitrogen and oxygen atoms in total. The first-order valence-corrected chi connectivity index (χ1v) is 6.19. The lowest BCUT2D eigenvalue weighted by atomic mass is 10.1. The van der Waals surface area contributed by atoms with Gasteiger partial charge in [-0.2, -0.15) is 0 Å². The average molecular weight is 249 g/mol. The quantitative estimate of drug-likeness (QED) is 0.835. The number of carbonyl (C=O) groups is 1. The molecule has 1 heterocycles. The van der Waals surface area contributed by atoms with Gasteiger partial charge in [-0.15, -0.1) is 0 Å². The van der Waals surface area contributed by atoms with Crippen LogP contribution in [0.15, 0.2) is 18.2 Å². The summed E-state index contributed by atoms with van der Waals surface area (Å²) in [7, 11) is 1.39. The van der Waals surface area contributed by atoms with Crippen molar-refractivity contribution >= 4 is 11.7 Å². The largest absolute Gasteiger partial charge is 0.465 e. The lowest BCUT2D eigenvalue weighted by Crippen LogP contribution is -2.27. The third-order valence-corrected chi connectivity index (χ3v) is 3.38. The number of esters is 1. The highest BCUT2D eigenvalue weighted by atomic mass is 16.5. The summed E-state index contributed by atoms with van der Waals surface area (Å²) in [5.74, 6) is -0.311. The molecule has 2 atom stereocenters. The number of ether oxygens (including phenoxy) is 2. The van der Waals surface area contributed by atoms with Crippen LogP contribution >= 0.6 is 0 Å². The summed E-state index contributed by atoms with van der Waals surface area (Å²) in [4.78, 5) is 11.5. The van der Waals surface area contributed by atoms with Crippen molar-refractivity contribution in [2.75, 3.05) is 19.0 Å². The molecule has 98 valence electrons. The molecular weight excluding hydrogens is 230 g/mol. The predicted molar refractivity (Wildman–Crippen MR) is 70.0 cm³/mol. The summed E-state index contributed by atoms with van der Waals surface area (Å²) in [5.41, 5.74) is 2.65. The van der Waals surface area contributed by atoms with E-state index in [1.807, 2.05) is 19.1 Å². The van der Waals surface area contributed by atoms with E-state index in [4.69, 9.17) is 9.47 Å². The lowest BCUT2D eigenvalue weighted by Gasteiger charge is -2.19. The van der Waals surface area contributed by atoms with Gasteiger partial charge in [-0.3, -0.25) is 0 Å². The number of hydrogen-bond donors (Lipinski definition) is 1. The van der Waals surface area contributed by atoms with Gasteiger partial charge in [0.1, 0.15) is 0 Å². The zero-order valence-electron chi connectivity index (χ0n) is 11.0. The van der Waals surface area contributed by atoms with E-state index in [-0.39, 0.29) is 12.1 Å². The molecule has 1 aromatic carbocycles. The minimum Gasteiger partial charge on any atom is -0.465 e. The van der Waals surface area contributed by atoms with Crippen LogP contribution in [0.3, 0.4) is 0 Å². The van der Waals surface area contributed by atoms with Gasteiger partial charge >= 0.3 is 5.97 Å². The van der Waals surface area contributed by atoms with Crippen LogP contribution in [-0.2, 0) is 9.47 Å². The molecule has 18 heavy (non-hydrogen) atoms. The molecule has 1 aliphatic heterocycles. The number of aryl methyl sites for hydroxylation is 1. The Hall–Kier alpha value is -1.55. The van der Waals surface area contributed by atoms with Gasteiger partial charge in [0, 0.05) is 12.3 Å². The minimum absolute atomic E-state index is 0.200. The molecular formula is C14H19NO3. The Morgan fingerprint density at radius 3 is 2.89 bits per heavy atom. The van der Waals surface area contributed by atoms with Crippen molar-refractivity contribution in [1.82, 2.24) is 0 Å². The lowest BCUT2D eigenvalue weighted by molar-refractivity contribution is 0.0601. The molecule has 0 saturated carbocycles. The molecule has 1 aliphatic rings. The third-order valence-electron chi connectivity index (χ3n) is 3.38. The molecule has 1 fully saturated rings. The first-order valence-electron chi connectivity index (χ1n) is 6.19. The van der Waals surface area contributed by atoms with Crippen molar-refractivity contribution in [2.45, 2.75) is 32.4 Å². The first-order chi connectivity index (χ1) is 8.61. The Morgan fingerprint density at radius 2 is 2.28 bits per heavy atom. The monoisotopic (exact) mass is 249 g/mol. The van der Waals surface area contributed by atoms with Crippen LogP contribution in [-0.4, -0.2) is 31.8 Å². The van der Waals surface area contributed by atoms with E-state index >= 15 is 0 Å². The number of hydrogen-bond acceptors (Lipinski definition) is 4. The smallest absolute Gasteiger partial charge is 0.337 e. The van der Waals surface area contributed by atoms with Gasteiger partial charge in [0.15, 0.2) is 0 Å². The summed E-state index contributed by atoms with van der Waals surface area (Å²) < 4.78 is 10.3. The maximum absolute atomic E-state index is 11.5. The van der Waals surface area contributed by atoms with Crippen molar-refractivity contribution in [3.63, 3.8) is 0 Å². The van der Waals surface area contributed by atoms with Crippen LogP contribution in [0.5, 0.6) is 0 Å². The highest BCUT2D eigenvalue weighted by Crippen LogP contribution is 2.23. The van der Waals surface area contributed by atoms with Crippen LogP contribution in [0.1, 0.15) is 29.3 Å². The second-order valence-electron chi connectivity index (χ2n) is 4.64. The van der Waals surface area contributed by atoms with Crippen LogP contribution < -0.4 is 5.32 Å². The van der Waals surface area contributed by atoms with Gasteiger partial charge in [0.05, 0.1) is 24.8 Å². The number of nitrogens with one attached hydrogen (secondary N) is 1. The van der Waals surface area contributed by atoms with Gasteiger partial charge in [-0.05, 0) is 38.0 Å². The van der Waals surface area contributed by atoms with Crippen molar-refractivity contribution in [3.05, 3.63) is 29.3 Å². The van der Waals surface area contributed by atoms with Crippen molar-refractivity contribution < 1.29 is 14.3 Å². The molecule has 1 N–H and O–H groups in total. The maximum atomic E-state index is 11.5. The summed E-state index contributed by atoms with van der Waals surface area (Å²) in [6, 6.07) is 5.85. The zero-order valence-corrected chi connectivity index (χ0v) is 11.0. The molecule has 0 bridgehead atoms. The number of anilines is 1. The summed E-state index contributed by atoms with van der Waals surface area (Å²) in [5, 5.41) is 3.45. The van der Waals surface area contributed by atoms with E-state index in [1.54, 1.807) is 6.07 Å². The third kappa shape index (κ3) is 2.64. The van der Waals surface area contributed by atoms with E-state index in [9.17, 15) is 4.79 Å². The zero-order chi connectivity index (χ0) is 13.1.